The van der Waals surface area contributed by atoms with Crippen LogP contribution in [0.2, 0.25) is 0 Å². The number of hydrogen-bond donors (Lipinski definition) is 2. The molecular weight excluding hydrogens is 368 g/mol. The fourth-order valence-corrected chi connectivity index (χ4v) is 4.58. The summed E-state index contributed by atoms with van der Waals surface area (Å²) in [4.78, 5) is 18.5. The largest absolute Gasteiger partial charge is 0.325 e. The molecule has 3 N–H and O–H groups in total. The molecule has 6 nitrogen and oxygen atoms in total. The summed E-state index contributed by atoms with van der Waals surface area (Å²) in [6.07, 6.45) is 6.81. The maximum absolute atomic E-state index is 6.23. The van der Waals surface area contributed by atoms with Gasteiger partial charge in [-0.15, -0.1) is 11.3 Å². The van der Waals surface area contributed by atoms with Crippen LogP contribution in [0.25, 0.3) is 20.9 Å². The van der Waals surface area contributed by atoms with Crippen molar-refractivity contribution in [3.63, 3.8) is 0 Å². The molecule has 140 valence electrons. The van der Waals surface area contributed by atoms with E-state index < -0.39 is 0 Å². The maximum Gasteiger partial charge on any atom is 0.143 e. The van der Waals surface area contributed by atoms with Crippen molar-refractivity contribution in [2.45, 2.75) is 32.2 Å². The molecule has 0 aliphatic heterocycles. The Hall–Kier alpha value is -2.90. The second-order valence-corrected chi connectivity index (χ2v) is 8.12. The van der Waals surface area contributed by atoms with Gasteiger partial charge in [-0.3, -0.25) is 4.98 Å². The minimum absolute atomic E-state index is 0.0173. The summed E-state index contributed by atoms with van der Waals surface area (Å²) < 4.78 is 1.03. The molecule has 28 heavy (non-hydrogen) atoms. The van der Waals surface area contributed by atoms with E-state index in [1.165, 1.54) is 5.56 Å². The van der Waals surface area contributed by atoms with Crippen LogP contribution in [-0.4, -0.2) is 19.9 Å². The lowest BCUT2D eigenvalue weighted by Crippen LogP contribution is -2.19. The first kappa shape index (κ1) is 17.2. The second-order valence-electron chi connectivity index (χ2n) is 7.09. The van der Waals surface area contributed by atoms with Crippen molar-refractivity contribution >= 4 is 33.2 Å². The van der Waals surface area contributed by atoms with Crippen molar-refractivity contribution in [3.8, 4) is 10.7 Å². The molecule has 4 aromatic rings. The summed E-state index contributed by atoms with van der Waals surface area (Å²) in [7, 11) is 0. The number of aryl methyl sites for hydroxylation is 2. The summed E-state index contributed by atoms with van der Waals surface area (Å²) in [6, 6.07) is 10.1. The molecule has 4 aromatic heterocycles. The van der Waals surface area contributed by atoms with Gasteiger partial charge in [0.05, 0.1) is 15.9 Å². The van der Waals surface area contributed by atoms with Crippen molar-refractivity contribution in [1.29, 1.82) is 0 Å². The molecule has 1 unspecified atom stereocenters. The second kappa shape index (κ2) is 6.92. The molecule has 0 bridgehead atoms. The first-order valence-corrected chi connectivity index (χ1v) is 10.2. The topological polar surface area (TPSA) is 89.6 Å². The SMILES string of the molecule is Cc1cccnc1-c1nc2cc(Nc3ccc4c(n3)C(N)CCC4)ncc2s1. The van der Waals surface area contributed by atoms with Crippen LogP contribution in [0.5, 0.6) is 0 Å². The predicted molar refractivity (Wildman–Crippen MR) is 113 cm³/mol. The molecule has 0 amide bonds. The lowest BCUT2D eigenvalue weighted by molar-refractivity contribution is 0.555. The van der Waals surface area contributed by atoms with Crippen LogP contribution in [0.3, 0.4) is 0 Å². The Balaban J connectivity index is 1.46. The number of aromatic nitrogens is 4. The van der Waals surface area contributed by atoms with Crippen molar-refractivity contribution in [2.75, 3.05) is 5.32 Å². The van der Waals surface area contributed by atoms with E-state index >= 15 is 0 Å². The fourth-order valence-electron chi connectivity index (χ4n) is 3.60. The molecule has 1 aliphatic rings. The van der Waals surface area contributed by atoms with Crippen LogP contribution >= 0.6 is 11.3 Å². The third-order valence-corrected chi connectivity index (χ3v) is 6.08. The van der Waals surface area contributed by atoms with Gasteiger partial charge in [0, 0.05) is 24.5 Å². The van der Waals surface area contributed by atoms with E-state index in [-0.39, 0.29) is 6.04 Å². The van der Waals surface area contributed by atoms with Gasteiger partial charge in [0.15, 0.2) is 0 Å². The normalized spacial score (nSPS) is 16.1. The number of hydrogen-bond acceptors (Lipinski definition) is 7. The van der Waals surface area contributed by atoms with E-state index in [0.717, 1.165) is 63.1 Å². The highest BCUT2D eigenvalue weighted by atomic mass is 32.1. The van der Waals surface area contributed by atoms with Crippen molar-refractivity contribution in [3.05, 3.63) is 59.5 Å². The average molecular weight is 389 g/mol. The van der Waals surface area contributed by atoms with E-state index in [2.05, 4.69) is 21.4 Å². The van der Waals surface area contributed by atoms with Crippen LogP contribution in [0.4, 0.5) is 11.6 Å². The molecule has 0 fully saturated rings. The van der Waals surface area contributed by atoms with Gasteiger partial charge >= 0.3 is 0 Å². The van der Waals surface area contributed by atoms with Crippen LogP contribution in [0.15, 0.2) is 42.7 Å². The molecule has 5 rings (SSSR count). The standard InChI is InChI=1S/C21H20N6S/c1-12-4-3-9-23-19(12)21-25-15-10-18(24-11-16(15)28-21)26-17-8-7-13-5-2-6-14(22)20(13)27-17/h3-4,7-11,14H,2,5-6,22H2,1H3,(H,24,26,27). The quantitative estimate of drug-likeness (QED) is 0.536. The Kier molecular flexibility index (Phi) is 4.26. The number of pyridine rings is 3. The minimum Gasteiger partial charge on any atom is -0.325 e. The molecule has 7 heteroatoms. The third-order valence-electron chi connectivity index (χ3n) is 5.07. The number of rotatable bonds is 3. The smallest absolute Gasteiger partial charge is 0.143 e. The number of nitrogens with two attached hydrogens (primary N) is 1. The molecule has 0 radical (unpaired) electrons. The summed E-state index contributed by atoms with van der Waals surface area (Å²) >= 11 is 1.60. The molecule has 0 spiro atoms. The summed E-state index contributed by atoms with van der Waals surface area (Å²) in [5.41, 5.74) is 11.4. The molecule has 1 aliphatic carbocycles. The Morgan fingerprint density at radius 3 is 2.96 bits per heavy atom. The molecule has 0 saturated carbocycles. The summed E-state index contributed by atoms with van der Waals surface area (Å²) in [5.74, 6) is 1.48. The van der Waals surface area contributed by atoms with Gasteiger partial charge in [-0.2, -0.15) is 0 Å². The zero-order chi connectivity index (χ0) is 19.1. The zero-order valence-electron chi connectivity index (χ0n) is 15.5. The lowest BCUT2D eigenvalue weighted by Gasteiger charge is -2.21. The van der Waals surface area contributed by atoms with Gasteiger partial charge in [0.2, 0.25) is 0 Å². The fraction of sp³-hybridized carbons (Fsp3) is 0.238. The van der Waals surface area contributed by atoms with Gasteiger partial charge in [0.25, 0.3) is 0 Å². The zero-order valence-corrected chi connectivity index (χ0v) is 16.3. The van der Waals surface area contributed by atoms with Crippen LogP contribution in [0, 0.1) is 6.92 Å². The van der Waals surface area contributed by atoms with Crippen LogP contribution in [0.1, 0.15) is 35.7 Å². The van der Waals surface area contributed by atoms with Gasteiger partial charge in [-0.25, -0.2) is 15.0 Å². The van der Waals surface area contributed by atoms with E-state index in [1.807, 2.05) is 37.4 Å². The molecule has 0 aromatic carbocycles. The van der Waals surface area contributed by atoms with Crippen molar-refractivity contribution in [1.82, 2.24) is 19.9 Å². The first-order chi connectivity index (χ1) is 13.7. The van der Waals surface area contributed by atoms with Gasteiger partial charge in [0.1, 0.15) is 22.3 Å². The summed E-state index contributed by atoms with van der Waals surface area (Å²) in [6.45, 7) is 2.05. The van der Waals surface area contributed by atoms with Crippen LogP contribution in [-0.2, 0) is 6.42 Å². The number of thiazole rings is 1. The van der Waals surface area contributed by atoms with Crippen LogP contribution < -0.4 is 11.1 Å². The first-order valence-electron chi connectivity index (χ1n) is 9.38. The molecule has 4 heterocycles. The Morgan fingerprint density at radius 1 is 1.14 bits per heavy atom. The van der Waals surface area contributed by atoms with Gasteiger partial charge in [-0.1, -0.05) is 12.1 Å². The Bertz CT molecular complexity index is 1170. The van der Waals surface area contributed by atoms with Crippen molar-refractivity contribution < 1.29 is 0 Å². The van der Waals surface area contributed by atoms with Crippen molar-refractivity contribution in [2.24, 2.45) is 5.73 Å². The highest BCUT2D eigenvalue weighted by Gasteiger charge is 2.19. The molecule has 1 atom stereocenters. The predicted octanol–water partition coefficient (Wildman–Crippen LogP) is 4.54. The molecule has 0 saturated heterocycles. The highest BCUT2D eigenvalue weighted by Crippen LogP contribution is 2.32. The highest BCUT2D eigenvalue weighted by molar-refractivity contribution is 7.21. The monoisotopic (exact) mass is 388 g/mol. The lowest BCUT2D eigenvalue weighted by atomic mass is 9.92. The number of nitrogens with zero attached hydrogens (tertiary/aromatic N) is 4. The maximum atomic E-state index is 6.23. The van der Waals surface area contributed by atoms with E-state index in [9.17, 15) is 0 Å². The Morgan fingerprint density at radius 2 is 2.07 bits per heavy atom. The molecular formula is C21H20N6S. The number of fused-ring (bicyclic) bond motifs is 2. The van der Waals surface area contributed by atoms with E-state index in [1.54, 1.807) is 17.5 Å². The van der Waals surface area contributed by atoms with Gasteiger partial charge < -0.3 is 11.1 Å². The number of nitrogens with one attached hydrogen (secondary N) is 1. The third kappa shape index (κ3) is 3.12. The van der Waals surface area contributed by atoms with Gasteiger partial charge in [-0.05, 0) is 49.4 Å². The number of anilines is 2. The Labute approximate surface area is 166 Å². The minimum atomic E-state index is 0.0173. The summed E-state index contributed by atoms with van der Waals surface area (Å²) in [5, 5.41) is 4.21. The van der Waals surface area contributed by atoms with E-state index in [4.69, 9.17) is 15.7 Å². The van der Waals surface area contributed by atoms with E-state index in [0.29, 0.717) is 0 Å². The average Bonchev–Trinajstić information content (AvgIpc) is 3.12.